The zero-order valence-corrected chi connectivity index (χ0v) is 10.8. The largest absolute Gasteiger partial charge is 0.378 e. The second-order valence-corrected chi connectivity index (χ2v) is 5.15. The highest BCUT2D eigenvalue weighted by atomic mass is 16.5. The molecule has 0 amide bonds. The smallest absolute Gasteiger partial charge is 0.142 e. The molecule has 1 heterocycles. The number of ether oxygens (including phenoxy) is 1. The fourth-order valence-corrected chi connectivity index (χ4v) is 2.36. The van der Waals surface area contributed by atoms with Gasteiger partial charge in [0.05, 0.1) is 12.7 Å². The van der Waals surface area contributed by atoms with Crippen molar-refractivity contribution in [3.05, 3.63) is 34.9 Å². The van der Waals surface area contributed by atoms with E-state index in [9.17, 15) is 4.79 Å². The molecule has 0 N–H and O–H groups in total. The van der Waals surface area contributed by atoms with Gasteiger partial charge in [0.15, 0.2) is 0 Å². The van der Waals surface area contributed by atoms with Crippen molar-refractivity contribution in [3.8, 4) is 0 Å². The fraction of sp³-hybridized carbons (Fsp3) is 0.533. The Morgan fingerprint density at radius 3 is 2.82 bits per heavy atom. The molecule has 1 aromatic rings. The first-order chi connectivity index (χ1) is 8.06. The number of ketones is 1. The van der Waals surface area contributed by atoms with Gasteiger partial charge in [-0.1, -0.05) is 23.8 Å². The van der Waals surface area contributed by atoms with Crippen molar-refractivity contribution in [1.82, 2.24) is 0 Å². The first-order valence-electron chi connectivity index (χ1n) is 6.26. The molecule has 0 spiro atoms. The zero-order chi connectivity index (χ0) is 12.4. The maximum atomic E-state index is 12.1. The predicted molar refractivity (Wildman–Crippen MR) is 68.1 cm³/mol. The first kappa shape index (κ1) is 12.3. The molecule has 0 aliphatic carbocycles. The lowest BCUT2D eigenvalue weighted by Crippen LogP contribution is -2.17. The van der Waals surface area contributed by atoms with E-state index in [4.69, 9.17) is 4.74 Å². The van der Waals surface area contributed by atoms with E-state index in [1.807, 2.05) is 6.92 Å². The van der Waals surface area contributed by atoms with Crippen LogP contribution in [0, 0.1) is 19.8 Å². The molecule has 2 heteroatoms. The number of benzene rings is 1. The molecular formula is C15H20O2. The highest BCUT2D eigenvalue weighted by Gasteiger charge is 2.28. The molecule has 1 aliphatic heterocycles. The Balaban J connectivity index is 2.05. The standard InChI is InChI=1S/C15H20O2/c1-10-4-5-11(2)13(6-10)8-15(16)14-7-12(3)17-9-14/h4-6,12,14H,7-9H2,1-3H3. The summed E-state index contributed by atoms with van der Waals surface area (Å²) in [5, 5.41) is 0. The van der Waals surface area contributed by atoms with Gasteiger partial charge in [0.1, 0.15) is 5.78 Å². The van der Waals surface area contributed by atoms with Gasteiger partial charge in [-0.2, -0.15) is 0 Å². The summed E-state index contributed by atoms with van der Waals surface area (Å²) in [6.07, 6.45) is 1.67. The Morgan fingerprint density at radius 2 is 2.18 bits per heavy atom. The third-order valence-electron chi connectivity index (χ3n) is 3.52. The van der Waals surface area contributed by atoms with Crippen LogP contribution in [0.2, 0.25) is 0 Å². The number of carbonyl (C=O) groups is 1. The zero-order valence-electron chi connectivity index (χ0n) is 10.8. The van der Waals surface area contributed by atoms with Crippen molar-refractivity contribution in [3.63, 3.8) is 0 Å². The second-order valence-electron chi connectivity index (χ2n) is 5.15. The topological polar surface area (TPSA) is 26.3 Å². The molecule has 0 bridgehead atoms. The lowest BCUT2D eigenvalue weighted by molar-refractivity contribution is -0.122. The van der Waals surface area contributed by atoms with Crippen LogP contribution in [0.5, 0.6) is 0 Å². The minimum atomic E-state index is 0.102. The molecule has 2 unspecified atom stereocenters. The molecule has 1 saturated heterocycles. The lowest BCUT2D eigenvalue weighted by Gasteiger charge is -2.09. The molecule has 92 valence electrons. The minimum Gasteiger partial charge on any atom is -0.378 e. The molecular weight excluding hydrogens is 212 g/mol. The number of hydrogen-bond donors (Lipinski definition) is 0. The van der Waals surface area contributed by atoms with E-state index in [1.54, 1.807) is 0 Å². The van der Waals surface area contributed by atoms with E-state index in [-0.39, 0.29) is 12.0 Å². The maximum absolute atomic E-state index is 12.1. The van der Waals surface area contributed by atoms with Gasteiger partial charge in [0.2, 0.25) is 0 Å². The maximum Gasteiger partial charge on any atom is 0.142 e. The van der Waals surface area contributed by atoms with Gasteiger partial charge in [0.25, 0.3) is 0 Å². The van der Waals surface area contributed by atoms with Crippen LogP contribution in [-0.4, -0.2) is 18.5 Å². The van der Waals surface area contributed by atoms with E-state index in [2.05, 4.69) is 32.0 Å². The van der Waals surface area contributed by atoms with Crippen LogP contribution in [0.15, 0.2) is 18.2 Å². The third-order valence-corrected chi connectivity index (χ3v) is 3.52. The summed E-state index contributed by atoms with van der Waals surface area (Å²) in [5.41, 5.74) is 3.58. The molecule has 0 aromatic heterocycles. The van der Waals surface area contributed by atoms with Crippen LogP contribution in [0.25, 0.3) is 0 Å². The van der Waals surface area contributed by atoms with Crippen molar-refractivity contribution in [1.29, 1.82) is 0 Å². The molecule has 0 saturated carbocycles. The molecule has 0 radical (unpaired) electrons. The molecule has 1 fully saturated rings. The van der Waals surface area contributed by atoms with Crippen LogP contribution in [0.3, 0.4) is 0 Å². The number of hydrogen-bond acceptors (Lipinski definition) is 2. The number of aryl methyl sites for hydroxylation is 2. The minimum absolute atomic E-state index is 0.102. The van der Waals surface area contributed by atoms with E-state index in [0.717, 1.165) is 12.0 Å². The van der Waals surface area contributed by atoms with Gasteiger partial charge >= 0.3 is 0 Å². The van der Waals surface area contributed by atoms with Crippen molar-refractivity contribution in [2.24, 2.45) is 5.92 Å². The Kier molecular flexibility index (Phi) is 3.63. The Hall–Kier alpha value is -1.15. The van der Waals surface area contributed by atoms with Gasteiger partial charge in [-0.3, -0.25) is 4.79 Å². The summed E-state index contributed by atoms with van der Waals surface area (Å²) in [6, 6.07) is 6.29. The van der Waals surface area contributed by atoms with Crippen LogP contribution in [0.4, 0.5) is 0 Å². The Labute approximate surface area is 103 Å². The van der Waals surface area contributed by atoms with E-state index in [1.165, 1.54) is 11.1 Å². The van der Waals surface area contributed by atoms with Crippen molar-refractivity contribution in [2.75, 3.05) is 6.61 Å². The van der Waals surface area contributed by atoms with Crippen LogP contribution < -0.4 is 0 Å². The number of carbonyl (C=O) groups excluding carboxylic acids is 1. The van der Waals surface area contributed by atoms with Crippen LogP contribution in [-0.2, 0) is 16.0 Å². The predicted octanol–water partition coefficient (Wildman–Crippen LogP) is 2.84. The average molecular weight is 232 g/mol. The van der Waals surface area contributed by atoms with Crippen molar-refractivity contribution in [2.45, 2.75) is 39.7 Å². The van der Waals surface area contributed by atoms with E-state index < -0.39 is 0 Å². The molecule has 2 atom stereocenters. The summed E-state index contributed by atoms with van der Waals surface area (Å²) in [4.78, 5) is 12.1. The molecule has 2 nitrogen and oxygen atoms in total. The molecule has 17 heavy (non-hydrogen) atoms. The number of rotatable bonds is 3. The third kappa shape index (κ3) is 2.95. The summed E-state index contributed by atoms with van der Waals surface area (Å²) >= 11 is 0. The monoisotopic (exact) mass is 232 g/mol. The van der Waals surface area contributed by atoms with Gasteiger partial charge in [-0.05, 0) is 38.3 Å². The Morgan fingerprint density at radius 1 is 1.41 bits per heavy atom. The second kappa shape index (κ2) is 5.01. The molecule has 1 aromatic carbocycles. The average Bonchev–Trinajstić information content (AvgIpc) is 2.70. The number of Topliss-reactive ketones (excluding diaryl/α,β-unsaturated/α-hetero) is 1. The van der Waals surface area contributed by atoms with E-state index in [0.29, 0.717) is 18.8 Å². The van der Waals surface area contributed by atoms with E-state index >= 15 is 0 Å². The summed E-state index contributed by atoms with van der Waals surface area (Å²) in [5.74, 6) is 0.424. The van der Waals surface area contributed by atoms with Crippen molar-refractivity contribution < 1.29 is 9.53 Å². The fourth-order valence-electron chi connectivity index (χ4n) is 2.36. The summed E-state index contributed by atoms with van der Waals surface area (Å²) in [7, 11) is 0. The lowest BCUT2D eigenvalue weighted by atomic mass is 9.93. The highest BCUT2D eigenvalue weighted by molar-refractivity contribution is 5.84. The van der Waals surface area contributed by atoms with Crippen LogP contribution >= 0.6 is 0 Å². The first-order valence-corrected chi connectivity index (χ1v) is 6.26. The van der Waals surface area contributed by atoms with Crippen molar-refractivity contribution >= 4 is 5.78 Å². The quantitative estimate of drug-likeness (QED) is 0.801. The molecule has 2 rings (SSSR count). The molecule has 1 aliphatic rings. The summed E-state index contributed by atoms with van der Waals surface area (Å²) in [6.45, 7) is 6.76. The van der Waals surface area contributed by atoms with Crippen LogP contribution in [0.1, 0.15) is 30.0 Å². The van der Waals surface area contributed by atoms with Gasteiger partial charge in [0, 0.05) is 12.3 Å². The summed E-state index contributed by atoms with van der Waals surface area (Å²) < 4.78 is 5.46. The van der Waals surface area contributed by atoms with Gasteiger partial charge < -0.3 is 4.74 Å². The highest BCUT2D eigenvalue weighted by Crippen LogP contribution is 2.22. The SMILES string of the molecule is Cc1ccc(C)c(CC(=O)C2COC(C)C2)c1. The van der Waals surface area contributed by atoms with Gasteiger partial charge in [-0.25, -0.2) is 0 Å². The Bertz CT molecular complexity index is 423. The van der Waals surface area contributed by atoms with Gasteiger partial charge in [-0.15, -0.1) is 0 Å². The normalized spacial score (nSPS) is 23.9.